The number of hydrogen-bond donors (Lipinski definition) is 1. The summed E-state index contributed by atoms with van der Waals surface area (Å²) in [4.78, 5) is 13.1. The predicted octanol–water partition coefficient (Wildman–Crippen LogP) is 6.12. The van der Waals surface area contributed by atoms with Gasteiger partial charge in [0.15, 0.2) is 5.78 Å². The van der Waals surface area contributed by atoms with Crippen molar-refractivity contribution in [3.63, 3.8) is 0 Å². The number of Topliss-reactive ketones (excluding diaryl/α,β-unsaturated/α-hetero) is 1. The molecule has 0 aromatic heterocycles. The summed E-state index contributed by atoms with van der Waals surface area (Å²) in [5.74, 6) is 1.59. The van der Waals surface area contributed by atoms with E-state index in [1.165, 1.54) is 0 Å². The fraction of sp³-hybridized carbons (Fsp3) is 0.192. The van der Waals surface area contributed by atoms with Crippen LogP contribution in [-0.2, 0) is 4.79 Å². The number of nitrogens with one attached hydrogen (secondary N) is 1. The van der Waals surface area contributed by atoms with Crippen LogP contribution in [0.1, 0.15) is 43.4 Å². The van der Waals surface area contributed by atoms with Crippen LogP contribution in [0, 0.1) is 0 Å². The lowest BCUT2D eigenvalue weighted by Crippen LogP contribution is -2.46. The predicted molar refractivity (Wildman–Crippen MR) is 118 cm³/mol. The van der Waals surface area contributed by atoms with E-state index < -0.39 is 5.54 Å². The van der Waals surface area contributed by atoms with Crippen molar-refractivity contribution in [1.82, 2.24) is 0 Å². The first-order valence-corrected chi connectivity index (χ1v) is 9.99. The van der Waals surface area contributed by atoms with Crippen molar-refractivity contribution in [3.8, 4) is 16.9 Å². The van der Waals surface area contributed by atoms with Gasteiger partial charge in [-0.1, -0.05) is 61.5 Å². The highest BCUT2D eigenvalue weighted by atomic mass is 16.5. The van der Waals surface area contributed by atoms with E-state index in [9.17, 15) is 4.79 Å². The Morgan fingerprint density at radius 3 is 2.45 bits per heavy atom. The molecule has 0 unspecified atom stereocenters. The minimum absolute atomic E-state index is 0.191. The third-order valence-electron chi connectivity index (χ3n) is 5.88. The van der Waals surface area contributed by atoms with Crippen molar-refractivity contribution in [3.05, 3.63) is 83.4 Å². The zero-order valence-electron chi connectivity index (χ0n) is 16.8. The molecule has 144 valence electrons. The van der Waals surface area contributed by atoms with Gasteiger partial charge in [0.1, 0.15) is 11.5 Å². The lowest BCUT2D eigenvalue weighted by molar-refractivity contribution is -0.123. The number of hydrogen-bond acceptors (Lipinski definition) is 3. The maximum absolute atomic E-state index is 13.1. The van der Waals surface area contributed by atoms with Crippen LogP contribution in [0.3, 0.4) is 0 Å². The summed E-state index contributed by atoms with van der Waals surface area (Å²) in [7, 11) is 0. The number of ether oxygens (including phenoxy) is 1. The van der Waals surface area contributed by atoms with Crippen LogP contribution in [0.25, 0.3) is 23.0 Å². The van der Waals surface area contributed by atoms with Crippen LogP contribution >= 0.6 is 0 Å². The van der Waals surface area contributed by atoms with Crippen LogP contribution in [-0.4, -0.2) is 11.3 Å². The van der Waals surface area contributed by atoms with Gasteiger partial charge < -0.3 is 10.1 Å². The normalized spacial score (nSPS) is 20.2. The molecule has 3 aromatic rings. The molecule has 0 radical (unpaired) electrons. The molecule has 0 amide bonds. The van der Waals surface area contributed by atoms with Gasteiger partial charge in [-0.05, 0) is 48.7 Å². The Balaban J connectivity index is 1.80. The lowest BCUT2D eigenvalue weighted by Gasteiger charge is -2.38. The minimum Gasteiger partial charge on any atom is -0.456 e. The zero-order chi connectivity index (χ0) is 20.2. The molecule has 0 saturated carbocycles. The minimum atomic E-state index is -0.586. The smallest absolute Gasteiger partial charge is 0.164 e. The van der Waals surface area contributed by atoms with E-state index in [1.54, 1.807) is 0 Å². The summed E-state index contributed by atoms with van der Waals surface area (Å²) >= 11 is 0. The van der Waals surface area contributed by atoms with Crippen LogP contribution in [0.5, 0.6) is 5.75 Å². The van der Waals surface area contributed by atoms with Crippen molar-refractivity contribution < 1.29 is 9.53 Å². The standard InChI is InChI=1S/C26H23NO2/c1-16-23-20(27-26(2,3)25(16)28)14-13-19-18-11-7-8-12-21(18)29-22(24(19)23)15-17-9-5-4-6-10-17/h4-16,27H,1-3H3/b22-15-/t16-/m0/s1. The van der Waals surface area contributed by atoms with Gasteiger partial charge in [-0.25, -0.2) is 0 Å². The first kappa shape index (κ1) is 17.7. The lowest BCUT2D eigenvalue weighted by atomic mass is 9.76. The molecule has 0 spiro atoms. The summed E-state index contributed by atoms with van der Waals surface area (Å²) in [6.45, 7) is 5.90. The average molecular weight is 381 g/mol. The monoisotopic (exact) mass is 381 g/mol. The topological polar surface area (TPSA) is 38.3 Å². The van der Waals surface area contributed by atoms with E-state index in [-0.39, 0.29) is 11.7 Å². The molecule has 2 heterocycles. The van der Waals surface area contributed by atoms with E-state index in [0.29, 0.717) is 0 Å². The first-order valence-electron chi connectivity index (χ1n) is 9.99. The highest BCUT2D eigenvalue weighted by Crippen LogP contribution is 2.49. The SMILES string of the molecule is C[C@@H]1C(=O)C(C)(C)Nc2ccc3c(c21)/C(=C/c1ccccc1)Oc1ccccc1-3. The fourth-order valence-corrected chi connectivity index (χ4v) is 4.49. The number of anilines is 1. The zero-order valence-corrected chi connectivity index (χ0v) is 16.8. The number of carbonyl (C=O) groups excluding carboxylic acids is 1. The molecule has 2 aliphatic heterocycles. The van der Waals surface area contributed by atoms with Crippen molar-refractivity contribution in [2.24, 2.45) is 0 Å². The van der Waals surface area contributed by atoms with Gasteiger partial charge in [-0.2, -0.15) is 0 Å². The highest BCUT2D eigenvalue weighted by Gasteiger charge is 2.41. The van der Waals surface area contributed by atoms with Crippen molar-refractivity contribution in [2.45, 2.75) is 32.2 Å². The Bertz CT molecular complexity index is 1160. The van der Waals surface area contributed by atoms with Crippen LogP contribution < -0.4 is 10.1 Å². The second-order valence-corrected chi connectivity index (χ2v) is 8.30. The number of ketones is 1. The number of rotatable bonds is 1. The largest absolute Gasteiger partial charge is 0.456 e. The highest BCUT2D eigenvalue weighted by molar-refractivity contribution is 6.04. The second kappa shape index (κ2) is 6.35. The molecule has 3 aromatic carbocycles. The third kappa shape index (κ3) is 2.77. The maximum Gasteiger partial charge on any atom is 0.164 e. The Hall–Kier alpha value is -3.33. The number of fused-ring (bicyclic) bond motifs is 5. The summed E-state index contributed by atoms with van der Waals surface area (Å²) in [5, 5.41) is 3.44. The molecule has 1 atom stereocenters. The Kier molecular flexibility index (Phi) is 3.88. The second-order valence-electron chi connectivity index (χ2n) is 8.30. The molecule has 2 aliphatic rings. The first-order chi connectivity index (χ1) is 14.0. The van der Waals surface area contributed by atoms with Gasteiger partial charge in [0, 0.05) is 22.7 Å². The van der Waals surface area contributed by atoms with Crippen molar-refractivity contribution >= 4 is 23.3 Å². The third-order valence-corrected chi connectivity index (χ3v) is 5.88. The van der Waals surface area contributed by atoms with Crippen LogP contribution in [0.15, 0.2) is 66.7 Å². The van der Waals surface area contributed by atoms with Gasteiger partial charge >= 0.3 is 0 Å². The van der Waals surface area contributed by atoms with E-state index in [2.05, 4.69) is 41.7 Å². The number of carbonyl (C=O) groups is 1. The maximum atomic E-state index is 13.1. The Labute approximate surface area is 171 Å². The summed E-state index contributed by atoms with van der Waals surface area (Å²) in [6, 6.07) is 22.5. The van der Waals surface area contributed by atoms with Crippen LogP contribution in [0.2, 0.25) is 0 Å². The fourth-order valence-electron chi connectivity index (χ4n) is 4.49. The molecule has 29 heavy (non-hydrogen) atoms. The average Bonchev–Trinajstić information content (AvgIpc) is 2.72. The Morgan fingerprint density at radius 1 is 0.931 bits per heavy atom. The molecule has 5 rings (SSSR count). The molecular formula is C26H23NO2. The van der Waals surface area contributed by atoms with Gasteiger partial charge in [0.05, 0.1) is 5.54 Å². The van der Waals surface area contributed by atoms with E-state index in [4.69, 9.17) is 4.74 Å². The number of para-hydroxylation sites is 1. The number of benzene rings is 3. The Morgan fingerprint density at radius 2 is 1.66 bits per heavy atom. The van der Waals surface area contributed by atoms with Gasteiger partial charge in [-0.3, -0.25) is 4.79 Å². The van der Waals surface area contributed by atoms with Gasteiger partial charge in [0.2, 0.25) is 0 Å². The summed E-state index contributed by atoms with van der Waals surface area (Å²) < 4.78 is 6.39. The molecule has 1 N–H and O–H groups in total. The van der Waals surface area contributed by atoms with Gasteiger partial charge in [0.25, 0.3) is 0 Å². The molecule has 0 fully saturated rings. The molecule has 0 saturated heterocycles. The molecule has 3 heteroatoms. The summed E-state index contributed by atoms with van der Waals surface area (Å²) in [5.41, 5.74) is 5.67. The van der Waals surface area contributed by atoms with E-state index in [0.717, 1.165) is 45.0 Å². The molecular weight excluding hydrogens is 358 g/mol. The molecule has 0 aliphatic carbocycles. The molecule has 3 nitrogen and oxygen atoms in total. The van der Waals surface area contributed by atoms with Crippen LogP contribution in [0.4, 0.5) is 5.69 Å². The van der Waals surface area contributed by atoms with Crippen molar-refractivity contribution in [2.75, 3.05) is 5.32 Å². The van der Waals surface area contributed by atoms with Crippen molar-refractivity contribution in [1.29, 1.82) is 0 Å². The van der Waals surface area contributed by atoms with E-state index in [1.807, 2.05) is 57.2 Å². The molecule has 0 bridgehead atoms. The quantitative estimate of drug-likeness (QED) is 0.552. The summed E-state index contributed by atoms with van der Waals surface area (Å²) in [6.07, 6.45) is 2.06. The van der Waals surface area contributed by atoms with E-state index >= 15 is 0 Å². The van der Waals surface area contributed by atoms with Gasteiger partial charge in [-0.15, -0.1) is 0 Å².